The summed E-state index contributed by atoms with van der Waals surface area (Å²) >= 11 is 0. The zero-order chi connectivity index (χ0) is 16.2. The normalized spacial score (nSPS) is 21.3. The van der Waals surface area contributed by atoms with Crippen LogP contribution in [0.5, 0.6) is 0 Å². The van der Waals surface area contributed by atoms with E-state index in [0.717, 1.165) is 57.0 Å². The van der Waals surface area contributed by atoms with Gasteiger partial charge in [0.25, 0.3) is 0 Å². The van der Waals surface area contributed by atoms with Gasteiger partial charge in [0.2, 0.25) is 11.7 Å². The Hall–Kier alpha value is -1.88. The molecule has 2 aliphatic heterocycles. The monoisotopic (exact) mass is 327 g/mol. The van der Waals surface area contributed by atoms with Gasteiger partial charge in [-0.15, -0.1) is 0 Å². The van der Waals surface area contributed by atoms with Crippen LogP contribution in [0.3, 0.4) is 0 Å². The first-order chi connectivity index (χ1) is 11.9. The summed E-state index contributed by atoms with van der Waals surface area (Å²) in [7, 11) is 0. The molecule has 5 nitrogen and oxygen atoms in total. The summed E-state index contributed by atoms with van der Waals surface area (Å²) in [6.45, 7) is 4.09. The lowest BCUT2D eigenvalue weighted by atomic mass is 10.0. The smallest absolute Gasteiger partial charge is 0.226 e. The van der Waals surface area contributed by atoms with Gasteiger partial charge in [0.1, 0.15) is 0 Å². The van der Waals surface area contributed by atoms with Crippen LogP contribution in [0.1, 0.15) is 38.0 Å². The largest absolute Gasteiger partial charge is 0.381 e. The average Bonchev–Trinajstić information content (AvgIpc) is 3.33. The maximum Gasteiger partial charge on any atom is 0.226 e. The molecule has 1 aromatic heterocycles. The molecule has 0 bridgehead atoms. The van der Waals surface area contributed by atoms with Crippen molar-refractivity contribution >= 4 is 5.69 Å². The second-order valence-electron chi connectivity index (χ2n) is 6.87. The second kappa shape index (κ2) is 7.34. The fraction of sp³-hybridized carbons (Fsp3) is 0.579. The third-order valence-electron chi connectivity index (χ3n) is 5.11. The Morgan fingerprint density at radius 3 is 2.67 bits per heavy atom. The van der Waals surface area contributed by atoms with Gasteiger partial charge in [0, 0.05) is 44.0 Å². The van der Waals surface area contributed by atoms with E-state index in [-0.39, 0.29) is 0 Å². The first kappa shape index (κ1) is 15.6. The first-order valence-corrected chi connectivity index (χ1v) is 9.14. The van der Waals surface area contributed by atoms with Gasteiger partial charge in [0.05, 0.1) is 0 Å². The Balaban J connectivity index is 1.38. The molecular weight excluding hydrogens is 302 g/mol. The number of benzene rings is 1. The van der Waals surface area contributed by atoms with Crippen LogP contribution in [0, 0.1) is 5.92 Å². The Labute approximate surface area is 143 Å². The molecule has 24 heavy (non-hydrogen) atoms. The number of hydrogen-bond acceptors (Lipinski definition) is 5. The molecule has 2 aromatic rings. The van der Waals surface area contributed by atoms with Crippen molar-refractivity contribution in [2.45, 2.75) is 38.5 Å². The van der Waals surface area contributed by atoms with Crippen molar-refractivity contribution in [3.63, 3.8) is 0 Å². The topological polar surface area (TPSA) is 51.4 Å². The highest BCUT2D eigenvalue weighted by atomic mass is 16.5. The van der Waals surface area contributed by atoms with Crippen LogP contribution in [0.2, 0.25) is 0 Å². The average molecular weight is 327 g/mol. The molecule has 128 valence electrons. The summed E-state index contributed by atoms with van der Waals surface area (Å²) < 4.78 is 10.8. The molecule has 2 saturated heterocycles. The lowest BCUT2D eigenvalue weighted by Gasteiger charge is -2.28. The number of rotatable bonds is 5. The minimum atomic E-state index is 0.643. The van der Waals surface area contributed by atoms with Crippen molar-refractivity contribution < 1.29 is 9.26 Å². The summed E-state index contributed by atoms with van der Waals surface area (Å²) in [6, 6.07) is 8.55. The number of nitrogens with zero attached hydrogens (tertiary/aromatic N) is 3. The molecule has 2 aliphatic rings. The fourth-order valence-corrected chi connectivity index (χ4v) is 3.59. The van der Waals surface area contributed by atoms with Crippen molar-refractivity contribution in [2.75, 3.05) is 31.2 Å². The van der Waals surface area contributed by atoms with Gasteiger partial charge >= 0.3 is 0 Å². The molecule has 1 atom stereocenters. The third kappa shape index (κ3) is 3.61. The van der Waals surface area contributed by atoms with Gasteiger partial charge in [-0.2, -0.15) is 4.98 Å². The Morgan fingerprint density at radius 2 is 1.92 bits per heavy atom. The van der Waals surface area contributed by atoms with Gasteiger partial charge < -0.3 is 14.2 Å². The van der Waals surface area contributed by atoms with E-state index in [1.165, 1.54) is 24.9 Å². The molecule has 0 amide bonds. The fourth-order valence-electron chi connectivity index (χ4n) is 3.59. The summed E-state index contributed by atoms with van der Waals surface area (Å²) in [5.74, 6) is 2.07. The van der Waals surface area contributed by atoms with Crippen molar-refractivity contribution in [1.29, 1.82) is 0 Å². The van der Waals surface area contributed by atoms with Crippen LogP contribution in [0.15, 0.2) is 28.8 Å². The second-order valence-corrected chi connectivity index (χ2v) is 6.87. The van der Waals surface area contributed by atoms with E-state index >= 15 is 0 Å². The van der Waals surface area contributed by atoms with E-state index in [0.29, 0.717) is 11.7 Å². The Bertz CT molecular complexity index is 641. The van der Waals surface area contributed by atoms with Crippen molar-refractivity contribution in [3.8, 4) is 11.4 Å². The highest BCUT2D eigenvalue weighted by Gasteiger charge is 2.17. The minimum absolute atomic E-state index is 0.643. The predicted molar refractivity (Wildman–Crippen MR) is 93.0 cm³/mol. The van der Waals surface area contributed by atoms with Crippen molar-refractivity contribution in [1.82, 2.24) is 10.1 Å². The van der Waals surface area contributed by atoms with Crippen LogP contribution >= 0.6 is 0 Å². The Kier molecular flexibility index (Phi) is 4.78. The molecule has 0 radical (unpaired) electrons. The third-order valence-corrected chi connectivity index (χ3v) is 5.11. The zero-order valence-corrected chi connectivity index (χ0v) is 14.1. The predicted octanol–water partition coefficient (Wildman–Crippen LogP) is 3.70. The Morgan fingerprint density at radius 1 is 1.08 bits per heavy atom. The number of ether oxygens (including phenoxy) is 1. The minimum Gasteiger partial charge on any atom is -0.381 e. The van der Waals surface area contributed by atoms with Crippen LogP contribution in [-0.4, -0.2) is 36.4 Å². The number of piperidine rings is 1. The molecule has 1 unspecified atom stereocenters. The number of hydrogen-bond donors (Lipinski definition) is 0. The molecule has 4 rings (SSSR count). The molecule has 2 fully saturated rings. The first-order valence-electron chi connectivity index (χ1n) is 9.14. The highest BCUT2D eigenvalue weighted by molar-refractivity contribution is 5.60. The van der Waals surface area contributed by atoms with E-state index < -0.39 is 0 Å². The molecule has 0 N–H and O–H groups in total. The highest BCUT2D eigenvalue weighted by Crippen LogP contribution is 2.24. The van der Waals surface area contributed by atoms with Gasteiger partial charge in [-0.25, -0.2) is 0 Å². The quantitative estimate of drug-likeness (QED) is 0.838. The van der Waals surface area contributed by atoms with Gasteiger partial charge in [0.15, 0.2) is 0 Å². The zero-order valence-electron chi connectivity index (χ0n) is 14.1. The molecular formula is C19H25N3O2. The number of anilines is 1. The maximum absolute atomic E-state index is 5.41. The maximum atomic E-state index is 5.41. The van der Waals surface area contributed by atoms with E-state index in [9.17, 15) is 0 Å². The van der Waals surface area contributed by atoms with Gasteiger partial charge in [-0.3, -0.25) is 0 Å². The van der Waals surface area contributed by atoms with Crippen LogP contribution in [0.4, 0.5) is 5.69 Å². The molecule has 0 saturated carbocycles. The van der Waals surface area contributed by atoms with Gasteiger partial charge in [-0.1, -0.05) is 5.16 Å². The molecule has 0 aliphatic carbocycles. The lowest BCUT2D eigenvalue weighted by molar-refractivity contribution is 0.183. The number of aromatic nitrogens is 2. The summed E-state index contributed by atoms with van der Waals surface area (Å²) in [6.07, 6.45) is 7.00. The van der Waals surface area contributed by atoms with Crippen molar-refractivity contribution in [2.24, 2.45) is 5.92 Å². The summed E-state index contributed by atoms with van der Waals surface area (Å²) in [4.78, 5) is 7.01. The standard InChI is InChI=1S/C19H25N3O2/c1-2-11-22(12-3-1)17-7-5-16(6-8-17)19-20-18(24-21-19)9-4-15-10-13-23-14-15/h5-8,15H,1-4,9-14H2. The van der Waals surface area contributed by atoms with Crippen LogP contribution in [0.25, 0.3) is 11.4 Å². The summed E-state index contributed by atoms with van der Waals surface area (Å²) in [5, 5.41) is 4.14. The van der Waals surface area contributed by atoms with Crippen LogP contribution < -0.4 is 4.90 Å². The van der Waals surface area contributed by atoms with E-state index in [4.69, 9.17) is 9.26 Å². The van der Waals surface area contributed by atoms with E-state index in [1.807, 2.05) is 0 Å². The SMILES string of the molecule is c1cc(N2CCCCC2)ccc1-c1noc(CCC2CCOC2)n1. The number of aryl methyl sites for hydroxylation is 1. The van der Waals surface area contributed by atoms with Crippen molar-refractivity contribution in [3.05, 3.63) is 30.2 Å². The molecule has 5 heteroatoms. The van der Waals surface area contributed by atoms with E-state index in [2.05, 4.69) is 39.3 Å². The van der Waals surface area contributed by atoms with E-state index in [1.54, 1.807) is 0 Å². The summed E-state index contributed by atoms with van der Waals surface area (Å²) in [5.41, 5.74) is 2.32. The van der Waals surface area contributed by atoms with Gasteiger partial charge in [-0.05, 0) is 62.3 Å². The van der Waals surface area contributed by atoms with Crippen LogP contribution in [-0.2, 0) is 11.2 Å². The molecule has 0 spiro atoms. The lowest BCUT2D eigenvalue weighted by Crippen LogP contribution is -2.29. The molecule has 1 aromatic carbocycles. The molecule has 3 heterocycles.